The maximum Gasteiger partial charge on any atom is 0.262 e. The molecule has 1 atom stereocenters. The molecule has 0 saturated heterocycles. The van der Waals surface area contributed by atoms with Crippen LogP contribution in [-0.2, 0) is 4.79 Å². The molecule has 0 saturated carbocycles. The summed E-state index contributed by atoms with van der Waals surface area (Å²) in [5.41, 5.74) is 4.66. The van der Waals surface area contributed by atoms with E-state index in [0.29, 0.717) is 11.3 Å². The van der Waals surface area contributed by atoms with E-state index in [1.807, 2.05) is 51.1 Å². The first-order chi connectivity index (χ1) is 12.4. The fourth-order valence-corrected chi connectivity index (χ4v) is 2.58. The summed E-state index contributed by atoms with van der Waals surface area (Å²) in [6.07, 6.45) is 0. The van der Waals surface area contributed by atoms with E-state index in [2.05, 4.69) is 31.8 Å². The van der Waals surface area contributed by atoms with Gasteiger partial charge in [0.15, 0.2) is 0 Å². The number of nitrogens with zero attached hydrogens (tertiary/aromatic N) is 1. The smallest absolute Gasteiger partial charge is 0.262 e. The number of hydrogen-bond acceptors (Lipinski definition) is 3. The van der Waals surface area contributed by atoms with Crippen molar-refractivity contribution in [2.45, 2.75) is 26.8 Å². The van der Waals surface area contributed by atoms with Crippen LogP contribution in [-0.4, -0.2) is 23.6 Å². The summed E-state index contributed by atoms with van der Waals surface area (Å²) in [7, 11) is 0. The minimum absolute atomic E-state index is 0.0779. The Bertz CT molecular complexity index is 786. The van der Waals surface area contributed by atoms with Gasteiger partial charge in [-0.3, -0.25) is 9.59 Å². The van der Waals surface area contributed by atoms with Gasteiger partial charge in [-0.2, -0.15) is 5.10 Å². The highest BCUT2D eigenvalue weighted by molar-refractivity contribution is 9.10. The van der Waals surface area contributed by atoms with E-state index in [4.69, 9.17) is 0 Å². The zero-order valence-corrected chi connectivity index (χ0v) is 16.6. The lowest BCUT2D eigenvalue weighted by Gasteiger charge is -2.20. The molecule has 2 amide bonds. The van der Waals surface area contributed by atoms with E-state index in [0.717, 1.165) is 10.0 Å². The van der Waals surface area contributed by atoms with Crippen LogP contribution < -0.4 is 10.7 Å². The summed E-state index contributed by atoms with van der Waals surface area (Å²) in [5.74, 6) is -0.709. The van der Waals surface area contributed by atoms with Gasteiger partial charge in [0.05, 0.1) is 5.71 Å². The molecule has 0 fully saturated rings. The van der Waals surface area contributed by atoms with Crippen molar-refractivity contribution < 1.29 is 9.59 Å². The van der Waals surface area contributed by atoms with Crippen molar-refractivity contribution in [3.8, 4) is 0 Å². The Morgan fingerprint density at radius 1 is 0.962 bits per heavy atom. The number of hydrazone groups is 1. The summed E-state index contributed by atoms with van der Waals surface area (Å²) in [5, 5.41) is 6.93. The SMILES string of the molecule is C/C(=N\NC(=O)C(NC(=O)c1ccccc1)C(C)C)c1ccc(Br)cc1. The highest BCUT2D eigenvalue weighted by Gasteiger charge is 2.24. The molecule has 0 aliphatic carbocycles. The van der Waals surface area contributed by atoms with Crippen LogP contribution in [0.15, 0.2) is 64.2 Å². The normalized spacial score (nSPS) is 12.6. The molecule has 2 N–H and O–H groups in total. The average molecular weight is 416 g/mol. The number of carbonyl (C=O) groups excluding carboxylic acids is 2. The molecule has 136 valence electrons. The van der Waals surface area contributed by atoms with Gasteiger partial charge in [0, 0.05) is 10.0 Å². The van der Waals surface area contributed by atoms with Gasteiger partial charge < -0.3 is 5.32 Å². The molecular formula is C20H22BrN3O2. The van der Waals surface area contributed by atoms with Gasteiger partial charge in [-0.15, -0.1) is 0 Å². The van der Waals surface area contributed by atoms with Crippen molar-refractivity contribution in [2.75, 3.05) is 0 Å². The topological polar surface area (TPSA) is 70.6 Å². The minimum Gasteiger partial charge on any atom is -0.340 e. The van der Waals surface area contributed by atoms with E-state index in [-0.39, 0.29) is 17.7 Å². The first-order valence-electron chi connectivity index (χ1n) is 8.34. The van der Waals surface area contributed by atoms with Crippen LogP contribution in [0.1, 0.15) is 36.7 Å². The minimum atomic E-state index is -0.677. The first-order valence-corrected chi connectivity index (χ1v) is 9.13. The summed E-state index contributed by atoms with van der Waals surface area (Å²) < 4.78 is 0.974. The standard InChI is InChI=1S/C20H22BrN3O2/c1-13(2)18(22-19(25)16-7-5-4-6-8-16)20(26)24-23-14(3)15-9-11-17(21)12-10-15/h4-13,18H,1-3H3,(H,22,25)(H,24,26)/b23-14+. The van der Waals surface area contributed by atoms with Crippen LogP contribution in [0.5, 0.6) is 0 Å². The summed E-state index contributed by atoms with van der Waals surface area (Å²) in [6, 6.07) is 15.8. The Hall–Kier alpha value is -2.47. The molecule has 26 heavy (non-hydrogen) atoms. The molecule has 2 rings (SSSR count). The van der Waals surface area contributed by atoms with Crippen molar-refractivity contribution in [1.82, 2.24) is 10.7 Å². The third-order valence-electron chi connectivity index (χ3n) is 3.87. The predicted molar refractivity (Wildman–Crippen MR) is 107 cm³/mol. The number of rotatable bonds is 6. The number of benzene rings is 2. The Morgan fingerprint density at radius 2 is 1.58 bits per heavy atom. The Kier molecular flexibility index (Phi) is 7.09. The number of amides is 2. The Balaban J connectivity index is 2.05. The van der Waals surface area contributed by atoms with Crippen LogP contribution >= 0.6 is 15.9 Å². The van der Waals surface area contributed by atoms with Gasteiger partial charge in [-0.05, 0) is 42.7 Å². The molecule has 0 heterocycles. The Labute approximate surface area is 162 Å². The van der Waals surface area contributed by atoms with E-state index in [1.54, 1.807) is 24.3 Å². The highest BCUT2D eigenvalue weighted by Crippen LogP contribution is 2.11. The fourth-order valence-electron chi connectivity index (χ4n) is 2.31. The molecule has 0 bridgehead atoms. The zero-order chi connectivity index (χ0) is 19.1. The Morgan fingerprint density at radius 3 is 2.15 bits per heavy atom. The molecule has 0 aromatic heterocycles. The van der Waals surface area contributed by atoms with Crippen LogP contribution in [0.25, 0.3) is 0 Å². The van der Waals surface area contributed by atoms with Gasteiger partial charge in [-0.25, -0.2) is 5.43 Å². The van der Waals surface area contributed by atoms with Crippen LogP contribution in [0.3, 0.4) is 0 Å². The fraction of sp³-hybridized carbons (Fsp3) is 0.250. The summed E-state index contributed by atoms with van der Waals surface area (Å²) in [6.45, 7) is 5.57. The molecule has 0 radical (unpaired) electrons. The molecule has 0 spiro atoms. The van der Waals surface area contributed by atoms with Crippen molar-refractivity contribution in [2.24, 2.45) is 11.0 Å². The zero-order valence-electron chi connectivity index (χ0n) is 15.0. The monoisotopic (exact) mass is 415 g/mol. The number of nitrogens with one attached hydrogen (secondary N) is 2. The maximum atomic E-state index is 12.5. The average Bonchev–Trinajstić information content (AvgIpc) is 2.64. The van der Waals surface area contributed by atoms with Crippen LogP contribution in [0.2, 0.25) is 0 Å². The lowest BCUT2D eigenvalue weighted by molar-refractivity contribution is -0.123. The van der Waals surface area contributed by atoms with Crippen LogP contribution in [0, 0.1) is 5.92 Å². The second kappa shape index (κ2) is 9.29. The molecule has 5 nitrogen and oxygen atoms in total. The second-order valence-corrected chi connectivity index (χ2v) is 7.16. The van der Waals surface area contributed by atoms with E-state index < -0.39 is 6.04 Å². The van der Waals surface area contributed by atoms with Crippen molar-refractivity contribution >= 4 is 33.5 Å². The van der Waals surface area contributed by atoms with Gasteiger partial charge in [0.25, 0.3) is 11.8 Å². The summed E-state index contributed by atoms with van der Waals surface area (Å²) in [4.78, 5) is 24.8. The van der Waals surface area contributed by atoms with Gasteiger partial charge >= 0.3 is 0 Å². The van der Waals surface area contributed by atoms with E-state index in [1.165, 1.54) is 0 Å². The number of halogens is 1. The quantitative estimate of drug-likeness (QED) is 0.556. The van der Waals surface area contributed by atoms with Crippen molar-refractivity contribution in [1.29, 1.82) is 0 Å². The molecule has 6 heteroatoms. The molecule has 2 aromatic rings. The largest absolute Gasteiger partial charge is 0.340 e. The number of hydrogen-bond donors (Lipinski definition) is 2. The molecule has 0 aliphatic rings. The molecular weight excluding hydrogens is 394 g/mol. The maximum absolute atomic E-state index is 12.5. The third kappa shape index (κ3) is 5.52. The van der Waals surface area contributed by atoms with Gasteiger partial charge in [0.1, 0.15) is 6.04 Å². The molecule has 1 unspecified atom stereocenters. The predicted octanol–water partition coefficient (Wildman–Crippen LogP) is 3.74. The van der Waals surface area contributed by atoms with Gasteiger partial charge in [0.2, 0.25) is 0 Å². The lowest BCUT2D eigenvalue weighted by Crippen LogP contribution is -2.48. The van der Waals surface area contributed by atoms with E-state index in [9.17, 15) is 9.59 Å². The first kappa shape index (κ1) is 19.8. The number of carbonyl (C=O) groups is 2. The third-order valence-corrected chi connectivity index (χ3v) is 4.40. The lowest BCUT2D eigenvalue weighted by atomic mass is 10.0. The van der Waals surface area contributed by atoms with E-state index >= 15 is 0 Å². The van der Waals surface area contributed by atoms with Gasteiger partial charge in [-0.1, -0.05) is 60.1 Å². The highest BCUT2D eigenvalue weighted by atomic mass is 79.9. The second-order valence-electron chi connectivity index (χ2n) is 6.24. The van der Waals surface area contributed by atoms with Crippen LogP contribution in [0.4, 0.5) is 0 Å². The summed E-state index contributed by atoms with van der Waals surface area (Å²) >= 11 is 3.38. The molecule has 2 aromatic carbocycles. The van der Waals surface area contributed by atoms with Crippen molar-refractivity contribution in [3.63, 3.8) is 0 Å². The molecule has 0 aliphatic heterocycles. The van der Waals surface area contributed by atoms with Crippen molar-refractivity contribution in [3.05, 3.63) is 70.2 Å².